The molecule has 0 heterocycles. The van der Waals surface area contributed by atoms with Crippen molar-refractivity contribution < 1.29 is 17.9 Å². The molecule has 0 spiro atoms. The number of carbonyl (C=O) groups excluding carboxylic acids is 1. The maximum Gasteiger partial charge on any atom is 0.240 e. The quantitative estimate of drug-likeness (QED) is 0.687. The molecule has 0 fully saturated rings. The van der Waals surface area contributed by atoms with Gasteiger partial charge in [0.05, 0.1) is 18.0 Å². The van der Waals surface area contributed by atoms with E-state index in [-0.39, 0.29) is 18.6 Å². The van der Waals surface area contributed by atoms with Crippen LogP contribution in [-0.4, -0.2) is 46.4 Å². The number of nitrogens with one attached hydrogen (secondary N) is 1. The molecule has 24 heavy (non-hydrogen) atoms. The fraction of sp³-hybridized carbons (Fsp3) is 0.588. The van der Waals surface area contributed by atoms with E-state index in [1.165, 1.54) is 0 Å². The van der Waals surface area contributed by atoms with Crippen LogP contribution < -0.4 is 9.62 Å². The maximum absolute atomic E-state index is 12.1. The SMILES string of the molecule is Cc1ccc(N(CC(=O)NCCCOC(C)C)S(C)(=O)=O)cc1C. The Morgan fingerprint density at radius 2 is 1.92 bits per heavy atom. The fourth-order valence-corrected chi connectivity index (χ4v) is 2.93. The number of aryl methyl sites for hydroxylation is 2. The molecule has 0 bridgehead atoms. The second kappa shape index (κ2) is 9.03. The van der Waals surface area contributed by atoms with Gasteiger partial charge in [0.15, 0.2) is 0 Å². The van der Waals surface area contributed by atoms with Crippen molar-refractivity contribution in [2.24, 2.45) is 0 Å². The van der Waals surface area contributed by atoms with Crippen molar-refractivity contribution >= 4 is 21.6 Å². The molecular formula is C17H28N2O4S. The van der Waals surface area contributed by atoms with Crippen LogP contribution in [0.1, 0.15) is 31.4 Å². The number of nitrogens with zero attached hydrogens (tertiary/aromatic N) is 1. The van der Waals surface area contributed by atoms with Crippen molar-refractivity contribution in [3.8, 4) is 0 Å². The summed E-state index contributed by atoms with van der Waals surface area (Å²) in [6, 6.07) is 5.34. The first-order valence-corrected chi connectivity index (χ1v) is 9.89. The highest BCUT2D eigenvalue weighted by Crippen LogP contribution is 2.20. The minimum absolute atomic E-state index is 0.159. The Morgan fingerprint density at radius 1 is 1.25 bits per heavy atom. The van der Waals surface area contributed by atoms with Gasteiger partial charge in [0.2, 0.25) is 15.9 Å². The second-order valence-electron chi connectivity index (χ2n) is 6.16. The average molecular weight is 356 g/mol. The van der Waals surface area contributed by atoms with Gasteiger partial charge in [0, 0.05) is 13.2 Å². The van der Waals surface area contributed by atoms with Crippen LogP contribution in [0.15, 0.2) is 18.2 Å². The molecular weight excluding hydrogens is 328 g/mol. The number of hydrogen-bond acceptors (Lipinski definition) is 4. The van der Waals surface area contributed by atoms with E-state index < -0.39 is 10.0 Å². The van der Waals surface area contributed by atoms with Crippen LogP contribution in [0.25, 0.3) is 0 Å². The normalized spacial score (nSPS) is 11.6. The molecule has 6 nitrogen and oxygen atoms in total. The van der Waals surface area contributed by atoms with Gasteiger partial charge in [-0.1, -0.05) is 6.07 Å². The van der Waals surface area contributed by atoms with Gasteiger partial charge >= 0.3 is 0 Å². The van der Waals surface area contributed by atoms with E-state index >= 15 is 0 Å². The van der Waals surface area contributed by atoms with Crippen LogP contribution in [0.2, 0.25) is 0 Å². The van der Waals surface area contributed by atoms with Gasteiger partial charge in [0.25, 0.3) is 0 Å². The predicted octanol–water partition coefficient (Wildman–Crippen LogP) is 2.00. The molecule has 7 heteroatoms. The molecule has 136 valence electrons. The summed E-state index contributed by atoms with van der Waals surface area (Å²) >= 11 is 0. The largest absolute Gasteiger partial charge is 0.379 e. The molecule has 1 aromatic rings. The van der Waals surface area contributed by atoms with Gasteiger partial charge in [-0.25, -0.2) is 8.42 Å². The Bertz CT molecular complexity index is 657. The lowest BCUT2D eigenvalue weighted by molar-refractivity contribution is -0.119. The zero-order valence-corrected chi connectivity index (χ0v) is 15.9. The molecule has 0 aliphatic rings. The first-order chi connectivity index (χ1) is 11.1. The molecule has 0 unspecified atom stereocenters. The van der Waals surface area contributed by atoms with Crippen LogP contribution in [-0.2, 0) is 19.6 Å². The smallest absolute Gasteiger partial charge is 0.240 e. The van der Waals surface area contributed by atoms with Gasteiger partial charge in [-0.15, -0.1) is 0 Å². The van der Waals surface area contributed by atoms with Crippen molar-refractivity contribution in [2.75, 3.05) is 30.3 Å². The van der Waals surface area contributed by atoms with Crippen molar-refractivity contribution in [3.05, 3.63) is 29.3 Å². The summed E-state index contributed by atoms with van der Waals surface area (Å²) < 4.78 is 30.6. The van der Waals surface area contributed by atoms with E-state index in [2.05, 4.69) is 5.32 Å². The van der Waals surface area contributed by atoms with Gasteiger partial charge < -0.3 is 10.1 Å². The molecule has 0 aliphatic carbocycles. The molecule has 0 radical (unpaired) electrons. The monoisotopic (exact) mass is 356 g/mol. The van der Waals surface area contributed by atoms with Crippen LogP contribution in [0.3, 0.4) is 0 Å². The van der Waals surface area contributed by atoms with E-state index in [9.17, 15) is 13.2 Å². The third-order valence-corrected chi connectivity index (χ3v) is 4.70. The number of anilines is 1. The standard InChI is InChI=1S/C17H28N2O4S/c1-13(2)23-10-6-9-18-17(20)12-19(24(5,21)22)16-8-7-14(3)15(4)11-16/h7-8,11,13H,6,9-10,12H2,1-5H3,(H,18,20). The lowest BCUT2D eigenvalue weighted by atomic mass is 10.1. The van der Waals surface area contributed by atoms with Crippen molar-refractivity contribution in [1.29, 1.82) is 0 Å². The summed E-state index contributed by atoms with van der Waals surface area (Å²) in [5.74, 6) is -0.330. The zero-order chi connectivity index (χ0) is 18.3. The van der Waals surface area contributed by atoms with Crippen LogP contribution in [0.5, 0.6) is 0 Å². The Labute approximate surface area is 145 Å². The maximum atomic E-state index is 12.1. The number of ether oxygens (including phenoxy) is 1. The van der Waals surface area contributed by atoms with Crippen LogP contribution in [0.4, 0.5) is 5.69 Å². The highest BCUT2D eigenvalue weighted by molar-refractivity contribution is 7.92. The Balaban J connectivity index is 2.67. The number of benzene rings is 1. The summed E-state index contributed by atoms with van der Waals surface area (Å²) in [4.78, 5) is 12.1. The number of carbonyl (C=O) groups is 1. The third-order valence-electron chi connectivity index (χ3n) is 3.56. The summed E-state index contributed by atoms with van der Waals surface area (Å²) in [5, 5.41) is 2.73. The van der Waals surface area contributed by atoms with Crippen LogP contribution >= 0.6 is 0 Å². The zero-order valence-electron chi connectivity index (χ0n) is 15.1. The van der Waals surface area contributed by atoms with E-state index in [4.69, 9.17) is 4.74 Å². The molecule has 0 saturated carbocycles. The highest BCUT2D eigenvalue weighted by Gasteiger charge is 2.21. The van der Waals surface area contributed by atoms with Gasteiger partial charge in [-0.3, -0.25) is 9.10 Å². The Kier molecular flexibility index (Phi) is 7.69. The second-order valence-corrected chi connectivity index (χ2v) is 8.07. The summed E-state index contributed by atoms with van der Waals surface area (Å²) in [6.45, 7) is 8.55. The number of rotatable bonds is 9. The first kappa shape index (κ1) is 20.4. The number of hydrogen-bond donors (Lipinski definition) is 1. The Hall–Kier alpha value is -1.60. The van der Waals surface area contributed by atoms with E-state index in [1.807, 2.05) is 33.8 Å². The van der Waals surface area contributed by atoms with Crippen molar-refractivity contribution in [3.63, 3.8) is 0 Å². The van der Waals surface area contributed by atoms with Crippen LogP contribution in [0, 0.1) is 13.8 Å². The molecule has 1 aromatic carbocycles. The summed E-state index contributed by atoms with van der Waals surface area (Å²) in [7, 11) is -3.54. The van der Waals surface area contributed by atoms with E-state index in [0.29, 0.717) is 25.3 Å². The molecule has 0 aliphatic heterocycles. The molecule has 0 atom stereocenters. The molecule has 1 amide bonds. The van der Waals surface area contributed by atoms with Gasteiger partial charge in [-0.2, -0.15) is 0 Å². The third kappa shape index (κ3) is 6.88. The molecule has 0 aromatic heterocycles. The minimum atomic E-state index is -3.54. The van der Waals surface area contributed by atoms with Gasteiger partial charge in [-0.05, 0) is 57.4 Å². The van der Waals surface area contributed by atoms with Crippen molar-refractivity contribution in [2.45, 2.75) is 40.2 Å². The first-order valence-electron chi connectivity index (χ1n) is 8.04. The summed E-state index contributed by atoms with van der Waals surface area (Å²) in [6.07, 6.45) is 1.95. The molecule has 0 saturated heterocycles. The highest BCUT2D eigenvalue weighted by atomic mass is 32.2. The average Bonchev–Trinajstić information content (AvgIpc) is 2.46. The molecule has 1 N–H and O–H groups in total. The lowest BCUT2D eigenvalue weighted by Gasteiger charge is -2.22. The van der Waals surface area contributed by atoms with E-state index in [1.54, 1.807) is 12.1 Å². The van der Waals surface area contributed by atoms with Gasteiger partial charge in [0.1, 0.15) is 6.54 Å². The summed E-state index contributed by atoms with van der Waals surface area (Å²) in [5.41, 5.74) is 2.55. The molecule has 1 rings (SSSR count). The lowest BCUT2D eigenvalue weighted by Crippen LogP contribution is -2.40. The fourth-order valence-electron chi connectivity index (χ4n) is 2.09. The Morgan fingerprint density at radius 3 is 2.46 bits per heavy atom. The topological polar surface area (TPSA) is 75.7 Å². The predicted molar refractivity (Wildman–Crippen MR) is 96.8 cm³/mol. The van der Waals surface area contributed by atoms with Crippen molar-refractivity contribution in [1.82, 2.24) is 5.32 Å². The number of amides is 1. The van der Waals surface area contributed by atoms with E-state index in [0.717, 1.165) is 21.7 Å². The minimum Gasteiger partial charge on any atom is -0.379 e. The number of sulfonamides is 1.